The molecule has 1 saturated heterocycles. The third-order valence-electron chi connectivity index (χ3n) is 3.91. The van der Waals surface area contributed by atoms with Crippen molar-refractivity contribution in [1.82, 2.24) is 15.2 Å². The van der Waals surface area contributed by atoms with Crippen LogP contribution in [0.5, 0.6) is 0 Å². The van der Waals surface area contributed by atoms with E-state index in [1.54, 1.807) is 7.05 Å². The summed E-state index contributed by atoms with van der Waals surface area (Å²) in [5, 5.41) is 2.20. The van der Waals surface area contributed by atoms with Crippen LogP contribution in [0.25, 0.3) is 10.9 Å². The monoisotopic (exact) mass is 331 g/mol. The van der Waals surface area contributed by atoms with E-state index in [0.717, 1.165) is 6.07 Å². The second-order valence-electron chi connectivity index (χ2n) is 5.22. The average Bonchev–Trinajstić information content (AvgIpc) is 3.03. The Bertz CT molecular complexity index is 748. The van der Waals surface area contributed by atoms with Crippen molar-refractivity contribution >= 4 is 28.4 Å². The van der Waals surface area contributed by atoms with Crippen molar-refractivity contribution in [3.05, 3.63) is 34.5 Å². The first-order valence-corrected chi connectivity index (χ1v) is 7.07. The van der Waals surface area contributed by atoms with Gasteiger partial charge in [0.1, 0.15) is 17.7 Å². The molecule has 2 atom stereocenters. The van der Waals surface area contributed by atoms with E-state index in [1.807, 2.05) is 0 Å². The first-order valence-electron chi connectivity index (χ1n) is 6.69. The Balaban J connectivity index is 1.99. The lowest BCUT2D eigenvalue weighted by atomic mass is 10.2. The number of rotatable bonds is 2. The van der Waals surface area contributed by atoms with E-state index in [4.69, 9.17) is 11.6 Å². The number of carbonyl (C=O) groups is 1. The number of amides is 1. The average molecular weight is 332 g/mol. The maximum Gasteiger partial charge on any atom is 0.273 e. The van der Waals surface area contributed by atoms with Crippen LogP contribution in [-0.2, 0) is 0 Å². The number of halogens is 4. The molecular formula is C14H13ClF3N3O. The minimum absolute atomic E-state index is 0.124. The van der Waals surface area contributed by atoms with Gasteiger partial charge in [0.15, 0.2) is 5.82 Å². The number of alkyl halides is 1. The summed E-state index contributed by atoms with van der Waals surface area (Å²) in [5.74, 6) is -2.37. The first-order chi connectivity index (χ1) is 10.4. The predicted molar refractivity (Wildman–Crippen MR) is 76.9 cm³/mol. The summed E-state index contributed by atoms with van der Waals surface area (Å²) in [6.07, 6.45) is -1.22. The Morgan fingerprint density at radius 1 is 1.41 bits per heavy atom. The molecule has 22 heavy (non-hydrogen) atoms. The Morgan fingerprint density at radius 2 is 2.14 bits per heavy atom. The normalized spacial score (nSPS) is 21.8. The van der Waals surface area contributed by atoms with Crippen molar-refractivity contribution < 1.29 is 18.0 Å². The number of H-pyrrole nitrogens is 1. The lowest BCUT2D eigenvalue weighted by Crippen LogP contribution is -2.35. The zero-order valence-electron chi connectivity index (χ0n) is 11.6. The van der Waals surface area contributed by atoms with Crippen LogP contribution in [0.3, 0.4) is 0 Å². The molecule has 0 radical (unpaired) electrons. The van der Waals surface area contributed by atoms with Gasteiger partial charge >= 0.3 is 0 Å². The summed E-state index contributed by atoms with van der Waals surface area (Å²) in [4.78, 5) is 16.2. The molecule has 2 heterocycles. The molecule has 0 saturated carbocycles. The van der Waals surface area contributed by atoms with Crippen LogP contribution in [0.1, 0.15) is 10.5 Å². The smallest absolute Gasteiger partial charge is 0.273 e. The van der Waals surface area contributed by atoms with E-state index in [9.17, 15) is 18.0 Å². The minimum Gasteiger partial charge on any atom is -0.348 e. The van der Waals surface area contributed by atoms with E-state index >= 15 is 0 Å². The molecule has 1 aromatic carbocycles. The molecule has 4 nitrogen and oxygen atoms in total. The molecule has 2 aromatic rings. The second-order valence-corrected chi connectivity index (χ2v) is 5.60. The number of hydrogen-bond donors (Lipinski definition) is 2. The molecule has 1 aliphatic heterocycles. The number of benzene rings is 1. The van der Waals surface area contributed by atoms with Crippen molar-refractivity contribution in [1.29, 1.82) is 0 Å². The number of fused-ring (bicyclic) bond motifs is 1. The Morgan fingerprint density at radius 3 is 2.77 bits per heavy atom. The SMILES string of the molecule is CN[C@H]1CN(C(=O)c2[nH]c3ccc(F)c(Cl)c3c2F)C[C@H]1F. The summed E-state index contributed by atoms with van der Waals surface area (Å²) >= 11 is 5.75. The van der Waals surface area contributed by atoms with Crippen molar-refractivity contribution in [2.75, 3.05) is 20.1 Å². The number of nitrogens with one attached hydrogen (secondary N) is 2. The zero-order chi connectivity index (χ0) is 16.0. The van der Waals surface area contributed by atoms with Gasteiger partial charge in [-0.1, -0.05) is 11.6 Å². The van der Waals surface area contributed by atoms with E-state index in [-0.39, 0.29) is 34.7 Å². The topological polar surface area (TPSA) is 48.1 Å². The molecule has 0 aliphatic carbocycles. The second kappa shape index (κ2) is 5.48. The maximum absolute atomic E-state index is 14.4. The van der Waals surface area contributed by atoms with Gasteiger partial charge in [0.25, 0.3) is 5.91 Å². The van der Waals surface area contributed by atoms with Gasteiger partial charge in [-0.15, -0.1) is 0 Å². The van der Waals surface area contributed by atoms with Gasteiger partial charge in [-0.05, 0) is 19.2 Å². The fourth-order valence-corrected chi connectivity index (χ4v) is 2.94. The van der Waals surface area contributed by atoms with Gasteiger partial charge in [0, 0.05) is 6.54 Å². The molecule has 0 bridgehead atoms. The first kappa shape index (κ1) is 15.2. The standard InChI is InChI=1S/C14H13ClF3N3O/c1-19-9-5-21(4-7(9)17)14(22)13-12(18)10-8(20-13)3-2-6(16)11(10)15/h2-3,7,9,19-20H,4-5H2,1H3/t7-,9+/m1/s1. The zero-order valence-corrected chi connectivity index (χ0v) is 12.3. The fraction of sp³-hybridized carbons (Fsp3) is 0.357. The summed E-state index contributed by atoms with van der Waals surface area (Å²) < 4.78 is 41.5. The van der Waals surface area contributed by atoms with E-state index < -0.39 is 29.8 Å². The molecule has 118 valence electrons. The minimum atomic E-state index is -1.22. The van der Waals surface area contributed by atoms with Crippen LogP contribution in [0.4, 0.5) is 13.2 Å². The highest BCUT2D eigenvalue weighted by Gasteiger charge is 2.36. The number of aromatic nitrogens is 1. The van der Waals surface area contributed by atoms with E-state index in [1.165, 1.54) is 11.0 Å². The third kappa shape index (κ3) is 2.24. The number of carbonyl (C=O) groups excluding carboxylic acids is 1. The Labute approximate surface area is 129 Å². The molecule has 1 fully saturated rings. The highest BCUT2D eigenvalue weighted by atomic mass is 35.5. The Kier molecular flexibility index (Phi) is 3.78. The maximum atomic E-state index is 14.4. The molecule has 1 aliphatic rings. The van der Waals surface area contributed by atoms with Crippen LogP contribution in [0.15, 0.2) is 12.1 Å². The highest BCUT2D eigenvalue weighted by molar-refractivity contribution is 6.35. The van der Waals surface area contributed by atoms with Crippen molar-refractivity contribution in [2.45, 2.75) is 12.2 Å². The number of likely N-dealkylation sites (tertiary alicyclic amines) is 1. The Hall–Kier alpha value is -1.73. The van der Waals surface area contributed by atoms with Crippen molar-refractivity contribution in [3.63, 3.8) is 0 Å². The molecular weight excluding hydrogens is 319 g/mol. The van der Waals surface area contributed by atoms with Gasteiger partial charge in [-0.25, -0.2) is 13.2 Å². The number of hydrogen-bond acceptors (Lipinski definition) is 2. The van der Waals surface area contributed by atoms with Crippen LogP contribution in [-0.4, -0.2) is 48.1 Å². The van der Waals surface area contributed by atoms with E-state index in [0.29, 0.717) is 0 Å². The quantitative estimate of drug-likeness (QED) is 0.888. The summed E-state index contributed by atoms with van der Waals surface area (Å²) in [7, 11) is 1.59. The van der Waals surface area contributed by atoms with Crippen molar-refractivity contribution in [2.24, 2.45) is 0 Å². The highest BCUT2D eigenvalue weighted by Crippen LogP contribution is 2.31. The van der Waals surface area contributed by atoms with Gasteiger partial charge < -0.3 is 15.2 Å². The van der Waals surface area contributed by atoms with Gasteiger partial charge in [0.2, 0.25) is 0 Å². The predicted octanol–water partition coefficient (Wildman–Crippen LogP) is 2.48. The molecule has 1 amide bonds. The lowest BCUT2D eigenvalue weighted by Gasteiger charge is -2.14. The molecule has 0 spiro atoms. The summed E-state index contributed by atoms with van der Waals surface area (Å²) in [6.45, 7) is 0.00857. The molecule has 0 unspecified atom stereocenters. The third-order valence-corrected chi connectivity index (χ3v) is 4.28. The fourth-order valence-electron chi connectivity index (χ4n) is 2.69. The largest absolute Gasteiger partial charge is 0.348 e. The van der Waals surface area contributed by atoms with Crippen LogP contribution in [0.2, 0.25) is 5.02 Å². The van der Waals surface area contributed by atoms with Crippen LogP contribution >= 0.6 is 11.6 Å². The number of aromatic amines is 1. The molecule has 2 N–H and O–H groups in total. The van der Waals surface area contributed by atoms with Crippen LogP contribution in [0, 0.1) is 11.6 Å². The number of likely N-dealkylation sites (N-methyl/N-ethyl adjacent to an activating group) is 1. The van der Waals surface area contributed by atoms with Gasteiger partial charge in [0.05, 0.1) is 28.5 Å². The summed E-state index contributed by atoms with van der Waals surface area (Å²) in [6, 6.07) is 1.89. The lowest BCUT2D eigenvalue weighted by molar-refractivity contribution is 0.0772. The molecule has 3 rings (SSSR count). The molecule has 8 heteroatoms. The van der Waals surface area contributed by atoms with Crippen molar-refractivity contribution in [3.8, 4) is 0 Å². The van der Waals surface area contributed by atoms with Crippen LogP contribution < -0.4 is 5.32 Å². The molecule has 1 aromatic heterocycles. The van der Waals surface area contributed by atoms with Gasteiger partial charge in [-0.2, -0.15) is 0 Å². The summed E-state index contributed by atoms with van der Waals surface area (Å²) in [5.41, 5.74) is -0.125. The number of nitrogens with zero attached hydrogens (tertiary/aromatic N) is 1. The van der Waals surface area contributed by atoms with Gasteiger partial charge in [-0.3, -0.25) is 4.79 Å². The van der Waals surface area contributed by atoms with E-state index in [2.05, 4.69) is 10.3 Å².